The Morgan fingerprint density at radius 2 is 1.95 bits per heavy atom. The minimum absolute atomic E-state index is 0.829. The number of hydrogen-bond donors (Lipinski definition) is 1. The lowest BCUT2D eigenvalue weighted by Gasteiger charge is -2.19. The molecule has 0 amide bonds. The van der Waals surface area contributed by atoms with Gasteiger partial charge < -0.3 is 14.6 Å². The first-order chi connectivity index (χ1) is 9.76. The number of fused-ring (bicyclic) bond motifs is 1. The van der Waals surface area contributed by atoms with E-state index in [0.29, 0.717) is 0 Å². The standard InChI is InChI=1S/C16H17N3O/c1-17-13-4-6-14(7-5-13)19(2)10-12-3-8-15-16(9-12)20-11-18-15/h3-9,11,17H,10H2,1-2H3. The van der Waals surface area contributed by atoms with Gasteiger partial charge in [0, 0.05) is 32.0 Å². The van der Waals surface area contributed by atoms with E-state index >= 15 is 0 Å². The summed E-state index contributed by atoms with van der Waals surface area (Å²) in [5.74, 6) is 0. The summed E-state index contributed by atoms with van der Waals surface area (Å²) in [4.78, 5) is 6.33. The third-order valence-electron chi connectivity index (χ3n) is 3.41. The molecule has 102 valence electrons. The second kappa shape index (κ2) is 5.25. The molecule has 0 spiro atoms. The van der Waals surface area contributed by atoms with E-state index in [0.717, 1.165) is 23.3 Å². The zero-order valence-corrected chi connectivity index (χ0v) is 11.6. The van der Waals surface area contributed by atoms with Crippen molar-refractivity contribution < 1.29 is 4.42 Å². The average molecular weight is 267 g/mol. The molecule has 0 bridgehead atoms. The van der Waals surface area contributed by atoms with Crippen LogP contribution >= 0.6 is 0 Å². The maximum atomic E-state index is 5.34. The molecule has 3 rings (SSSR count). The SMILES string of the molecule is CNc1ccc(N(C)Cc2ccc3ncoc3c2)cc1. The maximum Gasteiger partial charge on any atom is 0.181 e. The van der Waals surface area contributed by atoms with E-state index in [2.05, 4.69) is 52.6 Å². The van der Waals surface area contributed by atoms with Gasteiger partial charge in [0.2, 0.25) is 0 Å². The first-order valence-electron chi connectivity index (χ1n) is 6.57. The van der Waals surface area contributed by atoms with E-state index in [1.54, 1.807) is 0 Å². The second-order valence-corrected chi connectivity index (χ2v) is 4.81. The van der Waals surface area contributed by atoms with E-state index in [9.17, 15) is 0 Å². The number of oxazole rings is 1. The van der Waals surface area contributed by atoms with Gasteiger partial charge in [-0.3, -0.25) is 0 Å². The molecule has 0 atom stereocenters. The fraction of sp³-hybridized carbons (Fsp3) is 0.188. The highest BCUT2D eigenvalue weighted by Crippen LogP contribution is 2.20. The summed E-state index contributed by atoms with van der Waals surface area (Å²) >= 11 is 0. The van der Waals surface area contributed by atoms with Crippen molar-refractivity contribution in [1.82, 2.24) is 4.98 Å². The summed E-state index contributed by atoms with van der Waals surface area (Å²) in [6.07, 6.45) is 1.48. The second-order valence-electron chi connectivity index (χ2n) is 4.81. The predicted octanol–water partition coefficient (Wildman–Crippen LogP) is 3.51. The topological polar surface area (TPSA) is 41.3 Å². The minimum atomic E-state index is 0.829. The first kappa shape index (κ1) is 12.5. The molecule has 0 radical (unpaired) electrons. The highest BCUT2D eigenvalue weighted by atomic mass is 16.3. The van der Waals surface area contributed by atoms with Gasteiger partial charge in [0.05, 0.1) is 0 Å². The van der Waals surface area contributed by atoms with E-state index in [-0.39, 0.29) is 0 Å². The molecule has 3 aromatic rings. The van der Waals surface area contributed by atoms with Crippen LogP contribution in [0, 0.1) is 0 Å². The summed E-state index contributed by atoms with van der Waals surface area (Å²) in [7, 11) is 4.00. The summed E-state index contributed by atoms with van der Waals surface area (Å²) < 4.78 is 5.34. The largest absolute Gasteiger partial charge is 0.443 e. The number of nitrogens with one attached hydrogen (secondary N) is 1. The smallest absolute Gasteiger partial charge is 0.181 e. The van der Waals surface area contributed by atoms with Crippen LogP contribution in [0.4, 0.5) is 11.4 Å². The molecule has 0 saturated heterocycles. The van der Waals surface area contributed by atoms with Gasteiger partial charge in [-0.1, -0.05) is 6.07 Å². The van der Waals surface area contributed by atoms with E-state index in [1.807, 2.05) is 19.2 Å². The van der Waals surface area contributed by atoms with Crippen LogP contribution in [0.2, 0.25) is 0 Å². The third-order valence-corrected chi connectivity index (χ3v) is 3.41. The fourth-order valence-electron chi connectivity index (χ4n) is 2.25. The minimum Gasteiger partial charge on any atom is -0.443 e. The van der Waals surface area contributed by atoms with E-state index in [4.69, 9.17) is 4.42 Å². The van der Waals surface area contributed by atoms with Gasteiger partial charge in [0.25, 0.3) is 0 Å². The average Bonchev–Trinajstić information content (AvgIpc) is 2.95. The van der Waals surface area contributed by atoms with Crippen LogP contribution < -0.4 is 10.2 Å². The van der Waals surface area contributed by atoms with Crippen molar-refractivity contribution in [2.24, 2.45) is 0 Å². The molecular weight excluding hydrogens is 250 g/mol. The third kappa shape index (κ3) is 2.45. The van der Waals surface area contributed by atoms with Gasteiger partial charge in [0.1, 0.15) is 5.52 Å². The lowest BCUT2D eigenvalue weighted by molar-refractivity contribution is 0.601. The Hall–Kier alpha value is -2.49. The predicted molar refractivity (Wildman–Crippen MR) is 82.1 cm³/mol. The molecule has 1 N–H and O–H groups in total. The quantitative estimate of drug-likeness (QED) is 0.785. The Bertz CT molecular complexity index is 703. The monoisotopic (exact) mass is 267 g/mol. The zero-order valence-electron chi connectivity index (χ0n) is 11.6. The number of anilines is 2. The molecule has 4 nitrogen and oxygen atoms in total. The van der Waals surface area contributed by atoms with Crippen molar-refractivity contribution in [3.05, 3.63) is 54.4 Å². The fourth-order valence-corrected chi connectivity index (χ4v) is 2.25. The Morgan fingerprint density at radius 3 is 2.70 bits per heavy atom. The van der Waals surface area contributed by atoms with Gasteiger partial charge in [-0.2, -0.15) is 0 Å². The van der Waals surface area contributed by atoms with Crippen molar-refractivity contribution in [2.75, 3.05) is 24.3 Å². The molecule has 0 aliphatic heterocycles. The highest BCUT2D eigenvalue weighted by molar-refractivity contribution is 5.72. The van der Waals surface area contributed by atoms with Gasteiger partial charge in [-0.15, -0.1) is 0 Å². The molecule has 2 aromatic carbocycles. The molecule has 20 heavy (non-hydrogen) atoms. The van der Waals surface area contributed by atoms with Gasteiger partial charge in [0.15, 0.2) is 12.0 Å². The Kier molecular flexibility index (Phi) is 3.29. The number of hydrogen-bond acceptors (Lipinski definition) is 4. The lowest BCUT2D eigenvalue weighted by atomic mass is 10.2. The van der Waals surface area contributed by atoms with E-state index in [1.165, 1.54) is 17.6 Å². The normalized spacial score (nSPS) is 10.7. The molecule has 1 heterocycles. The summed E-state index contributed by atoms with van der Waals surface area (Å²) in [5.41, 5.74) is 5.23. The van der Waals surface area contributed by atoms with E-state index < -0.39 is 0 Å². The molecule has 0 aliphatic carbocycles. The number of rotatable bonds is 4. The van der Waals surface area contributed by atoms with Gasteiger partial charge >= 0.3 is 0 Å². The van der Waals surface area contributed by atoms with Crippen molar-refractivity contribution >= 4 is 22.5 Å². The molecule has 0 saturated carbocycles. The molecular formula is C16H17N3O. The summed E-state index contributed by atoms with van der Waals surface area (Å²) in [5, 5.41) is 3.12. The van der Waals surface area contributed by atoms with Crippen LogP contribution in [0.15, 0.2) is 53.3 Å². The zero-order chi connectivity index (χ0) is 13.9. The first-order valence-corrected chi connectivity index (χ1v) is 6.57. The van der Waals surface area contributed by atoms with Crippen LogP contribution in [0.1, 0.15) is 5.56 Å². The van der Waals surface area contributed by atoms with Crippen molar-refractivity contribution in [2.45, 2.75) is 6.54 Å². The molecule has 4 heteroatoms. The summed E-state index contributed by atoms with van der Waals surface area (Å²) in [6.45, 7) is 0.829. The Morgan fingerprint density at radius 1 is 1.15 bits per heavy atom. The van der Waals surface area contributed by atoms with Crippen LogP contribution in [0.5, 0.6) is 0 Å². The van der Waals surface area contributed by atoms with Gasteiger partial charge in [-0.05, 0) is 42.0 Å². The number of aromatic nitrogens is 1. The number of nitrogens with zero attached hydrogens (tertiary/aromatic N) is 2. The molecule has 1 aromatic heterocycles. The maximum absolute atomic E-state index is 5.34. The molecule has 0 unspecified atom stereocenters. The van der Waals surface area contributed by atoms with Crippen LogP contribution in [-0.2, 0) is 6.54 Å². The molecule has 0 aliphatic rings. The summed E-state index contributed by atoms with van der Waals surface area (Å²) in [6, 6.07) is 14.5. The Labute approximate surface area is 118 Å². The number of benzene rings is 2. The van der Waals surface area contributed by atoms with Crippen LogP contribution in [-0.4, -0.2) is 19.1 Å². The highest BCUT2D eigenvalue weighted by Gasteiger charge is 2.05. The van der Waals surface area contributed by atoms with Crippen molar-refractivity contribution in [3.8, 4) is 0 Å². The molecule has 0 fully saturated rings. The van der Waals surface area contributed by atoms with Gasteiger partial charge in [-0.25, -0.2) is 4.98 Å². The lowest BCUT2D eigenvalue weighted by Crippen LogP contribution is -2.16. The Balaban J connectivity index is 1.78. The van der Waals surface area contributed by atoms with Crippen molar-refractivity contribution in [3.63, 3.8) is 0 Å². The van der Waals surface area contributed by atoms with Crippen LogP contribution in [0.25, 0.3) is 11.1 Å². The van der Waals surface area contributed by atoms with Crippen LogP contribution in [0.3, 0.4) is 0 Å². The van der Waals surface area contributed by atoms with Crippen molar-refractivity contribution in [1.29, 1.82) is 0 Å².